The van der Waals surface area contributed by atoms with Gasteiger partial charge < -0.3 is 0 Å². The zero-order chi connectivity index (χ0) is 13.8. The Morgan fingerprint density at radius 3 is 2.90 bits per heavy atom. The second-order valence-electron chi connectivity index (χ2n) is 4.02. The molecule has 7 heteroatoms. The van der Waals surface area contributed by atoms with Gasteiger partial charge in [0.1, 0.15) is 15.9 Å². The molecule has 2 heterocycles. The summed E-state index contributed by atoms with van der Waals surface area (Å²) in [5, 5.41) is 5.78. The van der Waals surface area contributed by atoms with Gasteiger partial charge in [0, 0.05) is 5.75 Å². The molecule has 0 aliphatic carbocycles. The molecule has 2 aromatic rings. The Morgan fingerprint density at radius 1 is 1.25 bits per heavy atom. The van der Waals surface area contributed by atoms with Crippen LogP contribution in [-0.4, -0.2) is 25.3 Å². The summed E-state index contributed by atoms with van der Waals surface area (Å²) >= 11 is 9.17. The molecule has 1 aromatic carbocycles. The van der Waals surface area contributed by atoms with E-state index in [1.807, 2.05) is 22.6 Å². The van der Waals surface area contributed by atoms with Gasteiger partial charge in [-0.2, -0.15) is 5.10 Å². The normalized spacial score (nSPS) is 14.4. The molecular weight excluding hydrogens is 312 g/mol. The molecule has 0 unspecified atom stereocenters. The van der Waals surface area contributed by atoms with E-state index < -0.39 is 0 Å². The van der Waals surface area contributed by atoms with E-state index in [2.05, 4.69) is 27.2 Å². The Hall–Kier alpha value is -1.24. The van der Waals surface area contributed by atoms with Crippen molar-refractivity contribution >= 4 is 40.4 Å². The lowest BCUT2D eigenvalue weighted by molar-refractivity contribution is 0.605. The molecule has 1 aliphatic rings. The second kappa shape index (κ2) is 6.47. The van der Waals surface area contributed by atoms with E-state index in [-0.39, 0.29) is 0 Å². The van der Waals surface area contributed by atoms with Crippen molar-refractivity contribution in [1.82, 2.24) is 14.4 Å². The molecule has 0 saturated heterocycles. The number of benzene rings is 1. The maximum absolute atomic E-state index is 5.84. The number of halogens is 1. The molecule has 0 fully saturated rings. The van der Waals surface area contributed by atoms with Gasteiger partial charge in [-0.25, -0.2) is 9.40 Å². The summed E-state index contributed by atoms with van der Waals surface area (Å²) in [7, 11) is 0. The number of hydrogen-bond acceptors (Lipinski definition) is 6. The third kappa shape index (κ3) is 3.45. The number of thioether (sulfide) groups is 1. The zero-order valence-electron chi connectivity index (χ0n) is 10.4. The van der Waals surface area contributed by atoms with E-state index >= 15 is 0 Å². The Labute approximate surface area is 130 Å². The van der Waals surface area contributed by atoms with E-state index in [0.717, 1.165) is 22.4 Å². The second-order valence-corrected chi connectivity index (χ2v) is 6.31. The van der Waals surface area contributed by atoms with E-state index in [9.17, 15) is 0 Å². The fourth-order valence-corrected chi connectivity index (χ4v) is 3.61. The lowest BCUT2D eigenvalue weighted by Crippen LogP contribution is -2.02. The van der Waals surface area contributed by atoms with Gasteiger partial charge >= 0.3 is 0 Å². The average molecular weight is 323 g/mol. The van der Waals surface area contributed by atoms with Crippen LogP contribution in [0.4, 0.5) is 0 Å². The first-order valence-electron chi connectivity index (χ1n) is 5.95. The van der Waals surface area contributed by atoms with Crippen LogP contribution >= 0.6 is 35.3 Å². The number of aromatic nitrogens is 2. The first-order valence-corrected chi connectivity index (χ1v) is 8.25. The predicted octanol–water partition coefficient (Wildman–Crippen LogP) is 3.65. The maximum atomic E-state index is 5.84. The Balaban J connectivity index is 1.63. The highest BCUT2D eigenvalue weighted by Crippen LogP contribution is 2.28. The molecule has 0 radical (unpaired) electrons. The molecule has 4 nitrogen and oxygen atoms in total. The van der Waals surface area contributed by atoms with Gasteiger partial charge in [-0.3, -0.25) is 4.98 Å². The topological polar surface area (TPSA) is 41.4 Å². The monoisotopic (exact) mass is 322 g/mol. The molecule has 0 saturated carbocycles. The van der Waals surface area contributed by atoms with Gasteiger partial charge in [-0.15, -0.1) is 0 Å². The Kier molecular flexibility index (Phi) is 4.44. The van der Waals surface area contributed by atoms with Crippen LogP contribution in [-0.2, 0) is 5.75 Å². The van der Waals surface area contributed by atoms with Crippen molar-refractivity contribution in [3.8, 4) is 0 Å². The SMILES string of the molecule is Clc1cncc(C2=NN(SCc3ccccc3)CS2)n1. The van der Waals surface area contributed by atoms with Crippen LogP contribution in [0, 0.1) is 0 Å². The molecular formula is C13H11ClN4S2. The minimum absolute atomic E-state index is 0.390. The summed E-state index contributed by atoms with van der Waals surface area (Å²) in [6, 6.07) is 10.3. The smallest absolute Gasteiger partial charge is 0.148 e. The van der Waals surface area contributed by atoms with E-state index in [1.54, 1.807) is 29.9 Å². The van der Waals surface area contributed by atoms with Crippen molar-refractivity contribution in [2.45, 2.75) is 5.75 Å². The molecule has 0 bridgehead atoms. The minimum atomic E-state index is 0.390. The molecule has 0 N–H and O–H groups in total. The highest BCUT2D eigenvalue weighted by Gasteiger charge is 2.18. The summed E-state index contributed by atoms with van der Waals surface area (Å²) in [5.74, 6) is 1.71. The summed E-state index contributed by atoms with van der Waals surface area (Å²) in [5.41, 5.74) is 2.01. The van der Waals surface area contributed by atoms with E-state index in [4.69, 9.17) is 11.6 Å². The van der Waals surface area contributed by atoms with Gasteiger partial charge in [-0.1, -0.05) is 53.7 Å². The fraction of sp³-hybridized carbons (Fsp3) is 0.154. The van der Waals surface area contributed by atoms with Crippen LogP contribution in [0.1, 0.15) is 11.3 Å². The number of nitrogens with zero attached hydrogens (tertiary/aromatic N) is 4. The summed E-state index contributed by atoms with van der Waals surface area (Å²) in [6.07, 6.45) is 3.20. The van der Waals surface area contributed by atoms with Gasteiger partial charge in [0.2, 0.25) is 0 Å². The number of hydrogen-bond donors (Lipinski definition) is 0. The van der Waals surface area contributed by atoms with Crippen molar-refractivity contribution in [3.05, 3.63) is 59.1 Å². The average Bonchev–Trinajstić information content (AvgIpc) is 2.95. The highest BCUT2D eigenvalue weighted by atomic mass is 35.5. The third-order valence-electron chi connectivity index (χ3n) is 2.56. The van der Waals surface area contributed by atoms with Crippen LogP contribution in [0.25, 0.3) is 0 Å². The van der Waals surface area contributed by atoms with Gasteiger partial charge in [0.25, 0.3) is 0 Å². The lowest BCUT2D eigenvalue weighted by Gasteiger charge is -2.10. The zero-order valence-corrected chi connectivity index (χ0v) is 12.8. The molecule has 20 heavy (non-hydrogen) atoms. The summed E-state index contributed by atoms with van der Waals surface area (Å²) in [6.45, 7) is 0. The Bertz CT molecular complexity index is 621. The van der Waals surface area contributed by atoms with E-state index in [1.165, 1.54) is 11.8 Å². The lowest BCUT2D eigenvalue weighted by atomic mass is 10.2. The number of rotatable bonds is 4. The van der Waals surface area contributed by atoms with Crippen LogP contribution in [0.5, 0.6) is 0 Å². The summed E-state index contributed by atoms with van der Waals surface area (Å²) < 4.78 is 1.97. The molecule has 1 aliphatic heterocycles. The standard InChI is InChI=1S/C13H11ClN4S2/c14-12-7-15-6-11(16-12)13-17-18(9-19-13)20-8-10-4-2-1-3-5-10/h1-7H,8-9H2. The quantitative estimate of drug-likeness (QED) is 0.804. The van der Waals surface area contributed by atoms with Gasteiger partial charge in [0.15, 0.2) is 0 Å². The van der Waals surface area contributed by atoms with Gasteiger partial charge in [0.05, 0.1) is 18.3 Å². The maximum Gasteiger partial charge on any atom is 0.148 e. The first-order chi connectivity index (χ1) is 9.81. The molecule has 1 aromatic heterocycles. The van der Waals surface area contributed by atoms with Crippen LogP contribution in [0.3, 0.4) is 0 Å². The van der Waals surface area contributed by atoms with Crippen LogP contribution < -0.4 is 0 Å². The molecule has 0 amide bonds. The highest BCUT2D eigenvalue weighted by molar-refractivity contribution is 8.15. The largest absolute Gasteiger partial charge is 0.259 e. The Morgan fingerprint density at radius 2 is 2.10 bits per heavy atom. The molecule has 102 valence electrons. The first kappa shape index (κ1) is 13.7. The van der Waals surface area contributed by atoms with Gasteiger partial charge in [-0.05, 0) is 17.5 Å². The van der Waals surface area contributed by atoms with Crippen molar-refractivity contribution in [3.63, 3.8) is 0 Å². The third-order valence-corrected chi connectivity index (χ3v) is 4.82. The minimum Gasteiger partial charge on any atom is -0.259 e. The fourth-order valence-electron chi connectivity index (χ4n) is 1.64. The van der Waals surface area contributed by atoms with Crippen molar-refractivity contribution < 1.29 is 0 Å². The van der Waals surface area contributed by atoms with Crippen molar-refractivity contribution in [2.75, 3.05) is 5.88 Å². The van der Waals surface area contributed by atoms with Crippen molar-refractivity contribution in [2.24, 2.45) is 5.10 Å². The summed E-state index contributed by atoms with van der Waals surface area (Å²) in [4.78, 5) is 8.26. The van der Waals surface area contributed by atoms with Crippen LogP contribution in [0.15, 0.2) is 47.8 Å². The number of hydrazone groups is 1. The molecule has 3 rings (SSSR count). The molecule has 0 atom stereocenters. The van der Waals surface area contributed by atoms with Crippen LogP contribution in [0.2, 0.25) is 5.15 Å². The van der Waals surface area contributed by atoms with Crippen molar-refractivity contribution in [1.29, 1.82) is 0 Å². The molecule has 0 spiro atoms. The van der Waals surface area contributed by atoms with E-state index in [0.29, 0.717) is 5.15 Å². The predicted molar refractivity (Wildman–Crippen MR) is 85.6 cm³/mol.